The van der Waals surface area contributed by atoms with Crippen LogP contribution in [-0.4, -0.2) is 12.0 Å². The van der Waals surface area contributed by atoms with Gasteiger partial charge in [0.05, 0.1) is 11.3 Å². The molecular formula is C13H14Cl2N2O. The number of furan rings is 1. The van der Waals surface area contributed by atoms with Crippen LogP contribution in [0.5, 0.6) is 0 Å². The maximum Gasteiger partial charge on any atom is 0.128 e. The third kappa shape index (κ3) is 2.79. The Morgan fingerprint density at radius 2 is 2.17 bits per heavy atom. The van der Waals surface area contributed by atoms with Crippen molar-refractivity contribution in [3.05, 3.63) is 46.5 Å². The summed E-state index contributed by atoms with van der Waals surface area (Å²) in [6.45, 7) is 2.68. The Bertz CT molecular complexity index is 540. The largest absolute Gasteiger partial charge is 0.469 e. The lowest BCUT2D eigenvalue weighted by molar-refractivity contribution is 0.529. The van der Waals surface area contributed by atoms with Gasteiger partial charge < -0.3 is 9.32 Å². The first-order valence-corrected chi connectivity index (χ1v) is 6.47. The van der Waals surface area contributed by atoms with E-state index in [1.54, 1.807) is 12.5 Å². The quantitative estimate of drug-likeness (QED) is 0.795. The van der Waals surface area contributed by atoms with Crippen LogP contribution in [0.4, 0.5) is 5.82 Å². The molecule has 0 N–H and O–H groups in total. The Hall–Kier alpha value is -1.19. The van der Waals surface area contributed by atoms with E-state index in [2.05, 4.69) is 4.98 Å². The van der Waals surface area contributed by atoms with Gasteiger partial charge in [-0.3, -0.25) is 0 Å². The van der Waals surface area contributed by atoms with Gasteiger partial charge in [-0.25, -0.2) is 4.98 Å². The average Bonchev–Trinajstić information content (AvgIpc) is 2.75. The molecule has 3 nitrogen and oxygen atoms in total. The lowest BCUT2D eigenvalue weighted by Crippen LogP contribution is -2.18. The molecule has 0 saturated heterocycles. The van der Waals surface area contributed by atoms with Crippen molar-refractivity contribution in [3.8, 4) is 0 Å². The fraction of sp³-hybridized carbons (Fsp3) is 0.308. The number of anilines is 1. The molecule has 0 aliphatic heterocycles. The summed E-state index contributed by atoms with van der Waals surface area (Å²) < 4.78 is 5.28. The van der Waals surface area contributed by atoms with Crippen LogP contribution in [0.3, 0.4) is 0 Å². The second-order valence-electron chi connectivity index (χ2n) is 4.13. The number of nitrogens with zero attached hydrogens (tertiary/aromatic N) is 2. The molecule has 18 heavy (non-hydrogen) atoms. The van der Waals surface area contributed by atoms with Crippen molar-refractivity contribution in [1.29, 1.82) is 0 Å². The summed E-state index contributed by atoms with van der Waals surface area (Å²) in [5.74, 6) is 2.15. The van der Waals surface area contributed by atoms with Crippen LogP contribution in [0.2, 0.25) is 5.02 Å². The second kappa shape index (κ2) is 5.63. The predicted molar refractivity (Wildman–Crippen MR) is 74.4 cm³/mol. The average molecular weight is 285 g/mol. The number of halogens is 2. The Kier molecular flexibility index (Phi) is 4.15. The second-order valence-corrected chi connectivity index (χ2v) is 4.80. The number of aromatic nitrogens is 1. The standard InChI is InChI=1S/C13H14Cl2N2O/c1-9-10(3-4-18-9)8-17(2)13-5-11(6-14)12(15)7-16-13/h3-5,7H,6,8H2,1-2H3. The zero-order valence-corrected chi connectivity index (χ0v) is 11.8. The number of pyridine rings is 1. The normalized spacial score (nSPS) is 10.7. The van der Waals surface area contributed by atoms with Crippen molar-refractivity contribution < 1.29 is 4.42 Å². The van der Waals surface area contributed by atoms with Crippen molar-refractivity contribution in [2.45, 2.75) is 19.3 Å². The molecule has 0 fully saturated rings. The minimum Gasteiger partial charge on any atom is -0.469 e. The van der Waals surface area contributed by atoms with Gasteiger partial charge in [-0.15, -0.1) is 11.6 Å². The number of alkyl halides is 1. The molecular weight excluding hydrogens is 271 g/mol. The molecule has 0 bridgehead atoms. The van der Waals surface area contributed by atoms with Crippen LogP contribution < -0.4 is 4.90 Å². The minimum absolute atomic E-state index is 0.382. The van der Waals surface area contributed by atoms with Crippen LogP contribution in [0.25, 0.3) is 0 Å². The first-order valence-electron chi connectivity index (χ1n) is 5.56. The Morgan fingerprint density at radius 1 is 1.39 bits per heavy atom. The monoisotopic (exact) mass is 284 g/mol. The molecule has 0 aliphatic carbocycles. The van der Waals surface area contributed by atoms with Gasteiger partial charge in [0.25, 0.3) is 0 Å². The van der Waals surface area contributed by atoms with Gasteiger partial charge in [-0.05, 0) is 24.6 Å². The van der Waals surface area contributed by atoms with Gasteiger partial charge in [0, 0.05) is 31.2 Å². The van der Waals surface area contributed by atoms with Crippen LogP contribution in [0, 0.1) is 6.92 Å². The van der Waals surface area contributed by atoms with E-state index in [0.717, 1.165) is 29.2 Å². The van der Waals surface area contributed by atoms with Crippen molar-refractivity contribution >= 4 is 29.0 Å². The minimum atomic E-state index is 0.382. The van der Waals surface area contributed by atoms with Gasteiger partial charge in [0.2, 0.25) is 0 Å². The van der Waals surface area contributed by atoms with Gasteiger partial charge in [0.1, 0.15) is 11.6 Å². The maximum absolute atomic E-state index is 5.99. The van der Waals surface area contributed by atoms with Gasteiger partial charge in [-0.1, -0.05) is 11.6 Å². The van der Waals surface area contributed by atoms with E-state index >= 15 is 0 Å². The molecule has 0 aromatic carbocycles. The summed E-state index contributed by atoms with van der Waals surface area (Å²) in [7, 11) is 1.97. The van der Waals surface area contributed by atoms with Crippen LogP contribution in [0.1, 0.15) is 16.9 Å². The maximum atomic E-state index is 5.99. The topological polar surface area (TPSA) is 29.3 Å². The van der Waals surface area contributed by atoms with Crippen LogP contribution in [0.15, 0.2) is 29.0 Å². The lowest BCUT2D eigenvalue weighted by atomic mass is 10.2. The van der Waals surface area contributed by atoms with E-state index in [-0.39, 0.29) is 0 Å². The van der Waals surface area contributed by atoms with E-state index in [0.29, 0.717) is 10.9 Å². The first-order chi connectivity index (χ1) is 8.61. The smallest absolute Gasteiger partial charge is 0.128 e. The summed E-state index contributed by atoms with van der Waals surface area (Å²) in [6.07, 6.45) is 3.32. The molecule has 0 aliphatic rings. The van der Waals surface area contributed by atoms with Crippen LogP contribution >= 0.6 is 23.2 Å². The highest BCUT2D eigenvalue weighted by Gasteiger charge is 2.09. The van der Waals surface area contributed by atoms with Crippen molar-refractivity contribution in [3.63, 3.8) is 0 Å². The predicted octanol–water partition coefficient (Wildman–Crippen LogP) is 4.01. The van der Waals surface area contributed by atoms with Crippen molar-refractivity contribution in [2.75, 3.05) is 11.9 Å². The molecule has 0 atom stereocenters. The SMILES string of the molecule is Cc1occc1CN(C)c1cc(CCl)c(Cl)cn1. The highest BCUT2D eigenvalue weighted by molar-refractivity contribution is 6.32. The molecule has 2 heterocycles. The van der Waals surface area contributed by atoms with Crippen molar-refractivity contribution in [1.82, 2.24) is 4.98 Å². The number of aryl methyl sites for hydroxylation is 1. The van der Waals surface area contributed by atoms with Crippen molar-refractivity contribution in [2.24, 2.45) is 0 Å². The third-order valence-corrected chi connectivity index (χ3v) is 3.46. The number of rotatable bonds is 4. The zero-order valence-electron chi connectivity index (χ0n) is 10.3. The molecule has 5 heteroatoms. The molecule has 2 aromatic heterocycles. The summed E-state index contributed by atoms with van der Waals surface area (Å²) in [5, 5.41) is 0.599. The Balaban J connectivity index is 2.18. The Morgan fingerprint density at radius 3 is 2.78 bits per heavy atom. The summed E-state index contributed by atoms with van der Waals surface area (Å²) in [5.41, 5.74) is 2.03. The summed E-state index contributed by atoms with van der Waals surface area (Å²) in [6, 6.07) is 3.87. The van der Waals surface area contributed by atoms with E-state index in [4.69, 9.17) is 27.6 Å². The first kappa shape index (κ1) is 13.2. The number of hydrogen-bond acceptors (Lipinski definition) is 3. The number of hydrogen-bond donors (Lipinski definition) is 0. The zero-order chi connectivity index (χ0) is 13.1. The summed E-state index contributed by atoms with van der Waals surface area (Å²) in [4.78, 5) is 6.33. The van der Waals surface area contributed by atoms with E-state index in [1.807, 2.05) is 31.0 Å². The molecule has 0 saturated carbocycles. The van der Waals surface area contributed by atoms with E-state index < -0.39 is 0 Å². The molecule has 2 aromatic rings. The highest BCUT2D eigenvalue weighted by Crippen LogP contribution is 2.23. The summed E-state index contributed by atoms with van der Waals surface area (Å²) >= 11 is 11.8. The molecule has 2 rings (SSSR count). The molecule has 0 radical (unpaired) electrons. The van der Waals surface area contributed by atoms with Gasteiger partial charge >= 0.3 is 0 Å². The van der Waals surface area contributed by atoms with E-state index in [9.17, 15) is 0 Å². The van der Waals surface area contributed by atoms with Gasteiger partial charge in [0.15, 0.2) is 0 Å². The Labute approximate surface area is 116 Å². The molecule has 0 spiro atoms. The van der Waals surface area contributed by atoms with Crippen LogP contribution in [-0.2, 0) is 12.4 Å². The third-order valence-electron chi connectivity index (χ3n) is 2.83. The molecule has 0 unspecified atom stereocenters. The van der Waals surface area contributed by atoms with E-state index in [1.165, 1.54) is 0 Å². The lowest BCUT2D eigenvalue weighted by Gasteiger charge is -2.18. The molecule has 96 valence electrons. The van der Waals surface area contributed by atoms with Gasteiger partial charge in [-0.2, -0.15) is 0 Å². The highest BCUT2D eigenvalue weighted by atomic mass is 35.5. The fourth-order valence-corrected chi connectivity index (χ4v) is 2.15. The fourth-order valence-electron chi connectivity index (χ4n) is 1.69. The molecule has 0 amide bonds.